The van der Waals surface area contributed by atoms with Crippen molar-refractivity contribution >= 4 is 17.5 Å². The second kappa shape index (κ2) is 11.5. The molecule has 8 nitrogen and oxygen atoms in total. The Morgan fingerprint density at radius 2 is 1.80 bits per heavy atom. The molecule has 2 aromatic rings. The summed E-state index contributed by atoms with van der Waals surface area (Å²) in [5, 5.41) is 2.72. The van der Waals surface area contributed by atoms with Gasteiger partial charge in [-0.15, -0.1) is 0 Å². The number of hydrogen-bond donors (Lipinski definition) is 1. The molecule has 0 aromatic heterocycles. The second-order valence-corrected chi connectivity index (χ2v) is 8.95. The van der Waals surface area contributed by atoms with Crippen LogP contribution in [0.5, 0.6) is 11.5 Å². The standard InChI is InChI=1S/C26H33FN4O4/c1-34-21-8-9-24(35-2)22(16-21)23-7-4-10-31(23)18-26(33)30-13-11-29(12-14-30)17-25(32)28-20-6-3-5-19(27)15-20/h3,5-6,8-9,15-16,23H,4,7,10-14,17-18H2,1-2H3,(H,28,32). The number of methoxy groups -OCH3 is 2. The number of carbonyl (C=O) groups is 2. The Labute approximate surface area is 205 Å². The molecule has 9 heteroatoms. The van der Waals surface area contributed by atoms with E-state index in [-0.39, 0.29) is 30.2 Å². The van der Waals surface area contributed by atoms with Gasteiger partial charge in [-0.2, -0.15) is 0 Å². The van der Waals surface area contributed by atoms with Gasteiger partial charge in [0.1, 0.15) is 17.3 Å². The zero-order valence-corrected chi connectivity index (χ0v) is 20.3. The molecule has 2 amide bonds. The molecule has 2 aliphatic rings. The lowest BCUT2D eigenvalue weighted by molar-refractivity contribution is -0.134. The van der Waals surface area contributed by atoms with Crippen LogP contribution in [0.1, 0.15) is 24.4 Å². The van der Waals surface area contributed by atoms with Crippen molar-refractivity contribution < 1.29 is 23.5 Å². The number of carbonyl (C=O) groups excluding carboxylic acids is 2. The van der Waals surface area contributed by atoms with E-state index < -0.39 is 0 Å². The topological polar surface area (TPSA) is 74.4 Å². The van der Waals surface area contributed by atoms with Gasteiger partial charge in [0.15, 0.2) is 0 Å². The zero-order valence-electron chi connectivity index (χ0n) is 20.3. The molecule has 2 aromatic carbocycles. The van der Waals surface area contributed by atoms with Gasteiger partial charge in [0, 0.05) is 43.5 Å². The van der Waals surface area contributed by atoms with Crippen LogP contribution in [0.4, 0.5) is 10.1 Å². The third-order valence-corrected chi connectivity index (χ3v) is 6.70. The summed E-state index contributed by atoms with van der Waals surface area (Å²) in [7, 11) is 3.31. The summed E-state index contributed by atoms with van der Waals surface area (Å²) in [4.78, 5) is 31.5. The number of amides is 2. The number of anilines is 1. The van der Waals surface area contributed by atoms with Gasteiger partial charge in [0.2, 0.25) is 11.8 Å². The summed E-state index contributed by atoms with van der Waals surface area (Å²) in [6, 6.07) is 11.7. The highest BCUT2D eigenvalue weighted by molar-refractivity contribution is 5.92. The summed E-state index contributed by atoms with van der Waals surface area (Å²) < 4.78 is 24.3. The smallest absolute Gasteiger partial charge is 0.238 e. The van der Waals surface area contributed by atoms with E-state index in [0.717, 1.165) is 36.4 Å². The minimum absolute atomic E-state index is 0.0997. The minimum atomic E-state index is -0.389. The Morgan fingerprint density at radius 1 is 1.00 bits per heavy atom. The van der Waals surface area contributed by atoms with Crippen molar-refractivity contribution in [2.75, 3.05) is 65.3 Å². The molecular weight excluding hydrogens is 451 g/mol. The molecule has 0 aliphatic carbocycles. The third kappa shape index (κ3) is 6.29. The van der Waals surface area contributed by atoms with Crippen LogP contribution in [-0.4, -0.2) is 86.5 Å². The van der Waals surface area contributed by atoms with E-state index in [4.69, 9.17) is 9.47 Å². The number of benzene rings is 2. The molecule has 0 saturated carbocycles. The molecule has 1 atom stereocenters. The van der Waals surface area contributed by atoms with Crippen molar-refractivity contribution in [1.29, 1.82) is 0 Å². The summed E-state index contributed by atoms with van der Waals surface area (Å²) in [5.74, 6) is 1.10. The Balaban J connectivity index is 1.28. The second-order valence-electron chi connectivity index (χ2n) is 8.95. The number of piperazine rings is 1. The molecule has 35 heavy (non-hydrogen) atoms. The van der Waals surface area contributed by atoms with Crippen molar-refractivity contribution in [3.63, 3.8) is 0 Å². The van der Waals surface area contributed by atoms with Gasteiger partial charge >= 0.3 is 0 Å². The Hall–Kier alpha value is -3.17. The molecule has 0 bridgehead atoms. The lowest BCUT2D eigenvalue weighted by Crippen LogP contribution is -2.52. The molecular formula is C26H33FN4O4. The van der Waals surface area contributed by atoms with E-state index in [1.165, 1.54) is 12.1 Å². The van der Waals surface area contributed by atoms with Crippen molar-refractivity contribution in [3.8, 4) is 11.5 Å². The molecule has 188 valence electrons. The molecule has 1 unspecified atom stereocenters. The van der Waals surface area contributed by atoms with Gasteiger partial charge in [-0.05, 0) is 55.8 Å². The first-order valence-electron chi connectivity index (χ1n) is 12.0. The van der Waals surface area contributed by atoms with Crippen LogP contribution >= 0.6 is 0 Å². The fourth-order valence-corrected chi connectivity index (χ4v) is 4.87. The molecule has 0 spiro atoms. The first kappa shape index (κ1) is 24.9. The van der Waals surface area contributed by atoms with Crippen LogP contribution in [0.3, 0.4) is 0 Å². The summed E-state index contributed by atoms with van der Waals surface area (Å²) in [5.41, 5.74) is 1.49. The van der Waals surface area contributed by atoms with Crippen LogP contribution in [0, 0.1) is 5.82 Å². The predicted octanol–water partition coefficient (Wildman–Crippen LogP) is 2.76. The van der Waals surface area contributed by atoms with Gasteiger partial charge in [-0.25, -0.2) is 4.39 Å². The van der Waals surface area contributed by atoms with E-state index >= 15 is 0 Å². The minimum Gasteiger partial charge on any atom is -0.497 e. The lowest BCUT2D eigenvalue weighted by Gasteiger charge is -2.36. The maximum atomic E-state index is 13.3. The largest absolute Gasteiger partial charge is 0.497 e. The molecule has 2 saturated heterocycles. The number of rotatable bonds is 8. The first-order chi connectivity index (χ1) is 17.0. The third-order valence-electron chi connectivity index (χ3n) is 6.70. The summed E-state index contributed by atoms with van der Waals surface area (Å²) in [6.45, 7) is 3.81. The van der Waals surface area contributed by atoms with Gasteiger partial charge < -0.3 is 19.7 Å². The number of likely N-dealkylation sites (tertiary alicyclic amines) is 1. The highest BCUT2D eigenvalue weighted by Crippen LogP contribution is 2.38. The average Bonchev–Trinajstić information content (AvgIpc) is 3.31. The van der Waals surface area contributed by atoms with Gasteiger partial charge in [0.05, 0.1) is 27.3 Å². The van der Waals surface area contributed by atoms with Crippen LogP contribution in [0.15, 0.2) is 42.5 Å². The fraction of sp³-hybridized carbons (Fsp3) is 0.462. The quantitative estimate of drug-likeness (QED) is 0.621. The van der Waals surface area contributed by atoms with E-state index in [0.29, 0.717) is 38.4 Å². The van der Waals surface area contributed by atoms with E-state index in [9.17, 15) is 14.0 Å². The maximum absolute atomic E-state index is 13.3. The van der Waals surface area contributed by atoms with Crippen LogP contribution in [-0.2, 0) is 9.59 Å². The van der Waals surface area contributed by atoms with E-state index in [1.807, 2.05) is 28.0 Å². The average molecular weight is 485 g/mol. The molecule has 2 fully saturated rings. The SMILES string of the molecule is COc1ccc(OC)c(C2CCCN2CC(=O)N2CCN(CC(=O)Nc3cccc(F)c3)CC2)c1. The van der Waals surface area contributed by atoms with Gasteiger partial charge in [-0.1, -0.05) is 6.07 Å². The maximum Gasteiger partial charge on any atom is 0.238 e. The number of nitrogens with zero attached hydrogens (tertiary/aromatic N) is 3. The highest BCUT2D eigenvalue weighted by atomic mass is 19.1. The molecule has 2 aliphatic heterocycles. The summed E-state index contributed by atoms with van der Waals surface area (Å²) >= 11 is 0. The van der Waals surface area contributed by atoms with Crippen molar-refractivity contribution in [3.05, 3.63) is 53.8 Å². The van der Waals surface area contributed by atoms with Crippen LogP contribution < -0.4 is 14.8 Å². The van der Waals surface area contributed by atoms with Crippen molar-refractivity contribution in [2.45, 2.75) is 18.9 Å². The Kier molecular flexibility index (Phi) is 8.20. The zero-order chi connectivity index (χ0) is 24.8. The Morgan fingerprint density at radius 3 is 2.51 bits per heavy atom. The lowest BCUT2D eigenvalue weighted by atomic mass is 10.0. The number of nitrogens with one attached hydrogen (secondary N) is 1. The number of ether oxygens (including phenoxy) is 2. The Bertz CT molecular complexity index is 1040. The molecule has 1 N–H and O–H groups in total. The molecule has 2 heterocycles. The van der Waals surface area contributed by atoms with E-state index in [2.05, 4.69) is 10.2 Å². The fourth-order valence-electron chi connectivity index (χ4n) is 4.87. The number of halogens is 1. The van der Waals surface area contributed by atoms with Crippen LogP contribution in [0.25, 0.3) is 0 Å². The first-order valence-corrected chi connectivity index (χ1v) is 12.0. The summed E-state index contributed by atoms with van der Waals surface area (Å²) in [6.07, 6.45) is 1.98. The van der Waals surface area contributed by atoms with Crippen molar-refractivity contribution in [2.24, 2.45) is 0 Å². The highest BCUT2D eigenvalue weighted by Gasteiger charge is 2.32. The molecule has 4 rings (SSSR count). The predicted molar refractivity (Wildman–Crippen MR) is 131 cm³/mol. The van der Waals surface area contributed by atoms with Crippen molar-refractivity contribution in [1.82, 2.24) is 14.7 Å². The molecule has 0 radical (unpaired) electrons. The van der Waals surface area contributed by atoms with Crippen LogP contribution in [0.2, 0.25) is 0 Å². The monoisotopic (exact) mass is 484 g/mol. The van der Waals surface area contributed by atoms with Gasteiger partial charge in [0.25, 0.3) is 0 Å². The van der Waals surface area contributed by atoms with Gasteiger partial charge in [-0.3, -0.25) is 19.4 Å². The normalized spacial score (nSPS) is 18.9. The number of hydrogen-bond acceptors (Lipinski definition) is 6. The van der Waals surface area contributed by atoms with E-state index in [1.54, 1.807) is 26.4 Å².